The molecule has 21 heavy (non-hydrogen) atoms. The van der Waals surface area contributed by atoms with Crippen LogP contribution in [0.3, 0.4) is 0 Å². The Hall–Kier alpha value is -1.76. The number of amides is 1. The summed E-state index contributed by atoms with van der Waals surface area (Å²) in [7, 11) is 3.07. The molecule has 1 aromatic rings. The maximum absolute atomic E-state index is 11.8. The predicted molar refractivity (Wildman–Crippen MR) is 75.8 cm³/mol. The first-order chi connectivity index (χ1) is 9.96. The fourth-order valence-electron chi connectivity index (χ4n) is 2.37. The van der Waals surface area contributed by atoms with Gasteiger partial charge in [0.2, 0.25) is 5.91 Å². The van der Waals surface area contributed by atoms with Crippen molar-refractivity contribution in [2.45, 2.75) is 13.0 Å². The van der Waals surface area contributed by atoms with Gasteiger partial charge in [-0.2, -0.15) is 0 Å². The zero-order chi connectivity index (χ0) is 15.6. The van der Waals surface area contributed by atoms with E-state index in [0.29, 0.717) is 22.5 Å². The molecule has 2 rings (SSSR count). The summed E-state index contributed by atoms with van der Waals surface area (Å²) in [5.41, 5.74) is 0.826. The molecule has 1 amide bonds. The number of nitrogens with zero attached hydrogens (tertiary/aromatic N) is 1. The summed E-state index contributed by atoms with van der Waals surface area (Å²) in [4.78, 5) is 24.2. The summed E-state index contributed by atoms with van der Waals surface area (Å²) in [6.07, 6.45) is -0.00318. The van der Waals surface area contributed by atoms with E-state index in [1.807, 2.05) is 6.07 Å². The van der Waals surface area contributed by atoms with Gasteiger partial charge in [0.1, 0.15) is 0 Å². The molecule has 7 heteroatoms. The molecule has 0 saturated carbocycles. The van der Waals surface area contributed by atoms with Crippen LogP contribution >= 0.6 is 15.9 Å². The van der Waals surface area contributed by atoms with Crippen LogP contribution in [-0.2, 0) is 16.1 Å². The molecule has 1 atom stereocenters. The van der Waals surface area contributed by atoms with E-state index in [-0.39, 0.29) is 18.9 Å². The van der Waals surface area contributed by atoms with Gasteiger partial charge in [0, 0.05) is 31.4 Å². The average molecular weight is 357 g/mol. The van der Waals surface area contributed by atoms with Crippen molar-refractivity contribution in [3.05, 3.63) is 22.2 Å². The molecule has 0 spiro atoms. The van der Waals surface area contributed by atoms with Gasteiger partial charge in [0.05, 0.1) is 18.7 Å². The van der Waals surface area contributed by atoms with E-state index >= 15 is 0 Å². The highest BCUT2D eigenvalue weighted by atomic mass is 79.9. The van der Waals surface area contributed by atoms with E-state index in [0.717, 1.165) is 5.56 Å². The third kappa shape index (κ3) is 3.29. The minimum absolute atomic E-state index is 0.00318. The standard InChI is InChI=1S/C14H16BrNO5/c1-20-11-4-8(3-10(15)13(11)21-2)6-16-7-9(14(18)19)5-12(16)17/h3-4,9H,5-7H2,1-2H3,(H,18,19)/p-1/t9-/m0/s1. The lowest BCUT2D eigenvalue weighted by Gasteiger charge is -2.19. The number of likely N-dealkylation sites (tertiary alicyclic amines) is 1. The van der Waals surface area contributed by atoms with Crippen LogP contribution in [-0.4, -0.2) is 37.5 Å². The monoisotopic (exact) mass is 356 g/mol. The highest BCUT2D eigenvalue weighted by Gasteiger charge is 2.30. The lowest BCUT2D eigenvalue weighted by atomic mass is 10.1. The molecule has 0 radical (unpaired) electrons. The molecule has 1 fully saturated rings. The Morgan fingerprint density at radius 3 is 2.67 bits per heavy atom. The molecule has 1 aliphatic rings. The smallest absolute Gasteiger partial charge is 0.223 e. The number of carbonyl (C=O) groups excluding carboxylic acids is 2. The molecule has 1 aliphatic heterocycles. The molecule has 1 heterocycles. The Morgan fingerprint density at radius 1 is 1.43 bits per heavy atom. The number of carboxylic acids is 1. The van der Waals surface area contributed by atoms with Crippen molar-refractivity contribution in [1.29, 1.82) is 0 Å². The maximum atomic E-state index is 11.8. The highest BCUT2D eigenvalue weighted by Crippen LogP contribution is 2.36. The molecule has 0 bridgehead atoms. The average Bonchev–Trinajstić information content (AvgIpc) is 2.79. The van der Waals surface area contributed by atoms with E-state index in [9.17, 15) is 14.7 Å². The molecular formula is C14H15BrNO5-. The van der Waals surface area contributed by atoms with Crippen LogP contribution in [0.4, 0.5) is 0 Å². The Labute approximate surface area is 130 Å². The fourth-order valence-corrected chi connectivity index (χ4v) is 3.02. The third-order valence-corrected chi connectivity index (χ3v) is 4.00. The first-order valence-electron chi connectivity index (χ1n) is 6.35. The summed E-state index contributed by atoms with van der Waals surface area (Å²) < 4.78 is 11.2. The Bertz CT molecular complexity index is 575. The van der Waals surface area contributed by atoms with Gasteiger partial charge in [-0.1, -0.05) is 0 Å². The van der Waals surface area contributed by atoms with E-state index in [1.54, 1.807) is 6.07 Å². The number of halogens is 1. The van der Waals surface area contributed by atoms with Crippen molar-refractivity contribution >= 4 is 27.8 Å². The van der Waals surface area contributed by atoms with Crippen molar-refractivity contribution in [1.82, 2.24) is 4.90 Å². The van der Waals surface area contributed by atoms with Crippen LogP contribution in [0.1, 0.15) is 12.0 Å². The topological polar surface area (TPSA) is 78.9 Å². The summed E-state index contributed by atoms with van der Waals surface area (Å²) in [5, 5.41) is 10.8. The minimum Gasteiger partial charge on any atom is -0.550 e. The summed E-state index contributed by atoms with van der Waals surface area (Å²) in [6, 6.07) is 3.59. The van der Waals surface area contributed by atoms with Crippen LogP contribution in [0.15, 0.2) is 16.6 Å². The third-order valence-electron chi connectivity index (χ3n) is 3.41. The van der Waals surface area contributed by atoms with Crippen molar-refractivity contribution in [2.24, 2.45) is 5.92 Å². The predicted octanol–water partition coefficient (Wildman–Crippen LogP) is 0.565. The first-order valence-corrected chi connectivity index (χ1v) is 7.14. The second-order valence-corrected chi connectivity index (χ2v) is 5.66. The van der Waals surface area contributed by atoms with Crippen molar-refractivity contribution in [2.75, 3.05) is 20.8 Å². The number of aliphatic carboxylic acids is 1. The van der Waals surface area contributed by atoms with E-state index < -0.39 is 11.9 Å². The molecule has 0 aliphatic carbocycles. The molecule has 6 nitrogen and oxygen atoms in total. The zero-order valence-electron chi connectivity index (χ0n) is 11.7. The zero-order valence-corrected chi connectivity index (χ0v) is 13.3. The van der Waals surface area contributed by atoms with Gasteiger partial charge >= 0.3 is 0 Å². The van der Waals surface area contributed by atoms with Crippen LogP contribution in [0, 0.1) is 5.92 Å². The minimum atomic E-state index is -1.18. The number of hydrogen-bond donors (Lipinski definition) is 0. The van der Waals surface area contributed by atoms with E-state index in [4.69, 9.17) is 9.47 Å². The quantitative estimate of drug-likeness (QED) is 0.770. The number of rotatable bonds is 5. The van der Waals surface area contributed by atoms with Gasteiger partial charge in [-0.05, 0) is 33.6 Å². The summed E-state index contributed by atoms with van der Waals surface area (Å²) >= 11 is 3.39. The van der Waals surface area contributed by atoms with Gasteiger partial charge in [0.15, 0.2) is 11.5 Å². The van der Waals surface area contributed by atoms with Gasteiger partial charge in [0.25, 0.3) is 0 Å². The van der Waals surface area contributed by atoms with Crippen LogP contribution in [0.5, 0.6) is 11.5 Å². The number of ether oxygens (including phenoxy) is 2. The fraction of sp³-hybridized carbons (Fsp3) is 0.429. The molecule has 1 saturated heterocycles. The molecule has 0 aromatic heterocycles. The van der Waals surface area contributed by atoms with Gasteiger partial charge in [-0.25, -0.2) is 0 Å². The second-order valence-electron chi connectivity index (χ2n) is 4.81. The highest BCUT2D eigenvalue weighted by molar-refractivity contribution is 9.10. The lowest BCUT2D eigenvalue weighted by molar-refractivity contribution is -0.311. The number of carboxylic acid groups (broad SMARTS) is 1. The molecule has 114 valence electrons. The Balaban J connectivity index is 2.19. The second kappa shape index (κ2) is 6.34. The first kappa shape index (κ1) is 15.6. The SMILES string of the molecule is COc1cc(CN2C[C@@H](C(=O)[O-])CC2=O)cc(Br)c1OC. The van der Waals surface area contributed by atoms with Crippen molar-refractivity contribution in [3.63, 3.8) is 0 Å². The van der Waals surface area contributed by atoms with Crippen molar-refractivity contribution < 1.29 is 24.2 Å². The number of hydrogen-bond acceptors (Lipinski definition) is 5. The summed E-state index contributed by atoms with van der Waals surface area (Å²) in [6.45, 7) is 0.495. The van der Waals surface area contributed by atoms with Crippen molar-refractivity contribution in [3.8, 4) is 11.5 Å². The molecular weight excluding hydrogens is 342 g/mol. The van der Waals surface area contributed by atoms with E-state index in [1.165, 1.54) is 19.1 Å². The Kier molecular flexibility index (Phi) is 4.72. The van der Waals surface area contributed by atoms with Crippen LogP contribution in [0.2, 0.25) is 0 Å². The molecule has 1 aromatic carbocycles. The molecule has 0 unspecified atom stereocenters. The number of methoxy groups -OCH3 is 2. The Morgan fingerprint density at radius 2 is 2.14 bits per heavy atom. The largest absolute Gasteiger partial charge is 0.550 e. The van der Waals surface area contributed by atoms with E-state index in [2.05, 4.69) is 15.9 Å². The van der Waals surface area contributed by atoms with Crippen LogP contribution in [0.25, 0.3) is 0 Å². The van der Waals surface area contributed by atoms with Gasteiger partial charge in [-0.3, -0.25) is 4.79 Å². The maximum Gasteiger partial charge on any atom is 0.223 e. The lowest BCUT2D eigenvalue weighted by Crippen LogP contribution is -2.33. The molecule has 0 N–H and O–H groups in total. The van der Waals surface area contributed by atoms with Crippen LogP contribution < -0.4 is 14.6 Å². The summed E-state index contributed by atoms with van der Waals surface area (Å²) in [5.74, 6) is -0.984. The van der Waals surface area contributed by atoms with Gasteiger partial charge < -0.3 is 24.3 Å². The number of benzene rings is 1. The number of carbonyl (C=O) groups is 2. The van der Waals surface area contributed by atoms with Gasteiger partial charge in [-0.15, -0.1) is 0 Å². The normalized spacial score (nSPS) is 18.0.